The van der Waals surface area contributed by atoms with Crippen LogP contribution < -0.4 is 0 Å². The number of hydrogen-bond acceptors (Lipinski definition) is 4. The van der Waals surface area contributed by atoms with E-state index in [1.165, 1.54) is 0 Å². The molecule has 0 aromatic heterocycles. The quantitative estimate of drug-likeness (QED) is 0.679. The zero-order valence-corrected chi connectivity index (χ0v) is 17.4. The van der Waals surface area contributed by atoms with Crippen molar-refractivity contribution in [2.75, 3.05) is 13.2 Å². The normalized spacial score (nSPS) is 47.0. The van der Waals surface area contributed by atoms with Gasteiger partial charge in [-0.3, -0.25) is 4.79 Å². The number of nitrogens with zero attached hydrogens (tertiary/aromatic N) is 1. The van der Waals surface area contributed by atoms with Gasteiger partial charge in [-0.1, -0.05) is 38.8 Å². The number of carboxylic acids is 1. The number of rotatable bonds is 6. The van der Waals surface area contributed by atoms with Crippen LogP contribution in [0.4, 0.5) is 0 Å². The van der Waals surface area contributed by atoms with Gasteiger partial charge < -0.3 is 14.9 Å². The van der Waals surface area contributed by atoms with Crippen LogP contribution in [-0.4, -0.2) is 35.5 Å². The molecule has 8 unspecified atom stereocenters. The number of aliphatic carboxylic acids is 1. The van der Waals surface area contributed by atoms with Gasteiger partial charge in [-0.25, -0.2) is 0 Å². The number of carboxylic acid groups (broad SMARTS) is 1. The Hall–Kier alpha value is -1.38. The van der Waals surface area contributed by atoms with E-state index in [1.807, 2.05) is 0 Å². The number of aliphatic hydroxyl groups is 1. The second-order valence-corrected chi connectivity index (χ2v) is 10.3. The van der Waals surface area contributed by atoms with Crippen LogP contribution in [0.15, 0.2) is 11.6 Å². The lowest BCUT2D eigenvalue weighted by atomic mass is 9.43. The highest BCUT2D eigenvalue weighted by Gasteiger charge is 2.84. The van der Waals surface area contributed by atoms with Crippen LogP contribution in [-0.2, 0) is 9.53 Å². The van der Waals surface area contributed by atoms with Crippen molar-refractivity contribution < 1.29 is 19.7 Å². The number of fused-ring (bicyclic) bond motifs is 2. The zero-order chi connectivity index (χ0) is 20.5. The number of nitriles is 1. The third-order valence-electron chi connectivity index (χ3n) is 8.76. The minimum atomic E-state index is -1.17. The molecule has 0 aliphatic heterocycles. The summed E-state index contributed by atoms with van der Waals surface area (Å²) in [7, 11) is 0. The van der Waals surface area contributed by atoms with E-state index >= 15 is 0 Å². The predicted octanol–water partition coefficient (Wildman–Crippen LogP) is 3.63. The Morgan fingerprint density at radius 2 is 2.07 bits per heavy atom. The van der Waals surface area contributed by atoms with Gasteiger partial charge in [0.1, 0.15) is 5.41 Å². The molecular formula is C23H33NO4. The van der Waals surface area contributed by atoms with E-state index in [2.05, 4.69) is 32.9 Å². The van der Waals surface area contributed by atoms with Gasteiger partial charge in [0.05, 0.1) is 30.8 Å². The number of hydrogen-bond donors (Lipinski definition) is 2. The van der Waals surface area contributed by atoms with Gasteiger partial charge in [0, 0.05) is 5.41 Å². The summed E-state index contributed by atoms with van der Waals surface area (Å²) in [6.45, 7) is 8.55. The van der Waals surface area contributed by atoms with Gasteiger partial charge in [0.25, 0.3) is 0 Å². The summed E-state index contributed by atoms with van der Waals surface area (Å²) in [5.74, 6) is 0.355. The minimum Gasteiger partial charge on any atom is -0.481 e. The fourth-order valence-electron chi connectivity index (χ4n) is 7.95. The van der Waals surface area contributed by atoms with Gasteiger partial charge in [-0.15, -0.1) is 0 Å². The topological polar surface area (TPSA) is 90.5 Å². The maximum atomic E-state index is 13.1. The third-order valence-corrected chi connectivity index (χ3v) is 8.76. The summed E-state index contributed by atoms with van der Waals surface area (Å²) in [4.78, 5) is 13.1. The molecule has 0 saturated heterocycles. The average Bonchev–Trinajstić information content (AvgIpc) is 3.18. The Morgan fingerprint density at radius 1 is 1.36 bits per heavy atom. The molecule has 4 aliphatic carbocycles. The lowest BCUT2D eigenvalue weighted by Crippen LogP contribution is -2.62. The Labute approximate surface area is 167 Å². The lowest BCUT2D eigenvalue weighted by Gasteiger charge is -2.57. The van der Waals surface area contributed by atoms with E-state index in [0.29, 0.717) is 24.9 Å². The van der Waals surface area contributed by atoms with Crippen molar-refractivity contribution in [1.29, 1.82) is 5.26 Å². The molecule has 0 aromatic carbocycles. The van der Waals surface area contributed by atoms with Gasteiger partial charge in [0.2, 0.25) is 0 Å². The smallest absolute Gasteiger partial charge is 0.316 e. The highest BCUT2D eigenvalue weighted by Crippen LogP contribution is 2.83. The second kappa shape index (κ2) is 6.31. The van der Waals surface area contributed by atoms with E-state index in [9.17, 15) is 20.3 Å². The largest absolute Gasteiger partial charge is 0.481 e. The van der Waals surface area contributed by atoms with Crippen molar-refractivity contribution in [2.24, 2.45) is 45.8 Å². The molecule has 154 valence electrons. The standard InChI is InChI=1S/C23H33NO4/c1-13(2)19-7-16-8-21(11-24)18-6-5-14(3)17(18)9-22(16,12-28-10-15(4)25)23(19,21)20(26)27/h7,13-18,25H,5-6,8-10,12H2,1-4H3,(H,26,27). The summed E-state index contributed by atoms with van der Waals surface area (Å²) in [5.41, 5.74) is -1.66. The van der Waals surface area contributed by atoms with Crippen LogP contribution in [0, 0.1) is 57.2 Å². The van der Waals surface area contributed by atoms with Crippen molar-refractivity contribution >= 4 is 5.97 Å². The van der Waals surface area contributed by atoms with Crippen LogP contribution in [0.2, 0.25) is 0 Å². The first-order valence-electron chi connectivity index (χ1n) is 10.8. The summed E-state index contributed by atoms with van der Waals surface area (Å²) in [6, 6.07) is 2.64. The molecule has 0 radical (unpaired) electrons. The summed E-state index contributed by atoms with van der Waals surface area (Å²) >= 11 is 0. The van der Waals surface area contributed by atoms with Gasteiger partial charge >= 0.3 is 5.97 Å². The number of aliphatic hydroxyl groups excluding tert-OH is 1. The van der Waals surface area contributed by atoms with Crippen LogP contribution >= 0.6 is 0 Å². The summed E-state index contributed by atoms with van der Waals surface area (Å²) in [6.07, 6.45) is 5.08. The van der Waals surface area contributed by atoms with E-state index in [4.69, 9.17) is 4.74 Å². The Morgan fingerprint density at radius 3 is 2.64 bits per heavy atom. The van der Waals surface area contributed by atoms with E-state index < -0.39 is 28.3 Å². The predicted molar refractivity (Wildman–Crippen MR) is 104 cm³/mol. The van der Waals surface area contributed by atoms with Crippen LogP contribution in [0.3, 0.4) is 0 Å². The second-order valence-electron chi connectivity index (χ2n) is 10.3. The Kier molecular flexibility index (Phi) is 4.49. The Balaban J connectivity index is 1.91. The SMILES string of the molecule is CC(O)COCC12CC3C(C)CCC3C3(C#N)CC1C=C(C(C)C)C32C(=O)O. The van der Waals surface area contributed by atoms with E-state index in [1.54, 1.807) is 6.92 Å². The first kappa shape index (κ1) is 19.9. The first-order chi connectivity index (χ1) is 13.2. The van der Waals surface area contributed by atoms with Crippen molar-refractivity contribution in [1.82, 2.24) is 0 Å². The molecule has 0 heterocycles. The molecule has 2 N–H and O–H groups in total. The molecule has 0 spiro atoms. The highest BCUT2D eigenvalue weighted by molar-refractivity contribution is 5.85. The van der Waals surface area contributed by atoms with Crippen LogP contribution in [0.1, 0.15) is 53.4 Å². The average molecular weight is 388 g/mol. The maximum absolute atomic E-state index is 13.1. The number of carbonyl (C=O) groups is 1. The molecule has 0 aromatic rings. The monoisotopic (exact) mass is 387 g/mol. The number of allylic oxidation sites excluding steroid dienone is 1. The zero-order valence-electron chi connectivity index (χ0n) is 17.4. The molecule has 0 amide bonds. The third kappa shape index (κ3) is 2.06. The molecule has 28 heavy (non-hydrogen) atoms. The van der Waals surface area contributed by atoms with Crippen molar-refractivity contribution in [3.63, 3.8) is 0 Å². The maximum Gasteiger partial charge on any atom is 0.316 e. The molecule has 5 heteroatoms. The molecule has 8 atom stereocenters. The highest BCUT2D eigenvalue weighted by atomic mass is 16.5. The molecule has 4 rings (SSSR count). The summed E-state index contributed by atoms with van der Waals surface area (Å²) in [5, 5.41) is 31.0. The fourth-order valence-corrected chi connectivity index (χ4v) is 7.95. The molecule has 3 saturated carbocycles. The number of ether oxygens (including phenoxy) is 1. The van der Waals surface area contributed by atoms with E-state index in [0.717, 1.165) is 24.8 Å². The van der Waals surface area contributed by atoms with Gasteiger partial charge in [-0.05, 0) is 55.8 Å². The Bertz CT molecular complexity index is 752. The minimum absolute atomic E-state index is 0.0625. The molecule has 4 bridgehead atoms. The molecule has 5 nitrogen and oxygen atoms in total. The fraction of sp³-hybridized carbons (Fsp3) is 0.826. The van der Waals surface area contributed by atoms with Crippen LogP contribution in [0.5, 0.6) is 0 Å². The van der Waals surface area contributed by atoms with E-state index in [-0.39, 0.29) is 24.4 Å². The van der Waals surface area contributed by atoms with Gasteiger partial charge in [0.15, 0.2) is 0 Å². The van der Waals surface area contributed by atoms with Crippen molar-refractivity contribution in [3.05, 3.63) is 11.6 Å². The van der Waals surface area contributed by atoms with Crippen molar-refractivity contribution in [3.8, 4) is 6.07 Å². The van der Waals surface area contributed by atoms with Crippen molar-refractivity contribution in [2.45, 2.75) is 59.5 Å². The summed E-state index contributed by atoms with van der Waals surface area (Å²) < 4.78 is 5.96. The lowest BCUT2D eigenvalue weighted by molar-refractivity contribution is -0.180. The molecular weight excluding hydrogens is 354 g/mol. The van der Waals surface area contributed by atoms with Crippen LogP contribution in [0.25, 0.3) is 0 Å². The van der Waals surface area contributed by atoms with Gasteiger partial charge in [-0.2, -0.15) is 5.26 Å². The first-order valence-corrected chi connectivity index (χ1v) is 10.8. The molecule has 4 aliphatic rings. The molecule has 3 fully saturated rings.